The lowest BCUT2D eigenvalue weighted by Gasteiger charge is -2.24. The molecule has 1 unspecified atom stereocenters. The molecule has 2 heterocycles. The van der Waals surface area contributed by atoms with Crippen molar-refractivity contribution in [2.75, 3.05) is 5.32 Å². The van der Waals surface area contributed by atoms with Crippen LogP contribution >= 0.6 is 23.2 Å². The topological polar surface area (TPSA) is 55.6 Å². The molecule has 120 valence electrons. The fourth-order valence-electron chi connectivity index (χ4n) is 2.62. The lowest BCUT2D eigenvalue weighted by molar-refractivity contribution is 0.586. The predicted molar refractivity (Wildman–Crippen MR) is 90.4 cm³/mol. The molecule has 0 fully saturated rings. The number of rotatable bonds is 2. The Morgan fingerprint density at radius 2 is 1.88 bits per heavy atom. The van der Waals surface area contributed by atoms with Crippen LogP contribution in [0, 0.1) is 5.82 Å². The van der Waals surface area contributed by atoms with Gasteiger partial charge >= 0.3 is 0 Å². The molecule has 0 spiro atoms. The summed E-state index contributed by atoms with van der Waals surface area (Å²) < 4.78 is 14.8. The number of hydrogen-bond donors (Lipinski definition) is 1. The zero-order valence-corrected chi connectivity index (χ0v) is 13.6. The zero-order chi connectivity index (χ0) is 16.7. The number of anilines is 1. The molecule has 1 aromatic heterocycles. The van der Waals surface area contributed by atoms with Crippen molar-refractivity contribution in [1.82, 2.24) is 20.2 Å². The highest BCUT2D eigenvalue weighted by Gasteiger charge is 2.26. The summed E-state index contributed by atoms with van der Waals surface area (Å²) in [6.07, 6.45) is 1.92. The van der Waals surface area contributed by atoms with Crippen LogP contribution in [0.15, 0.2) is 48.5 Å². The van der Waals surface area contributed by atoms with Gasteiger partial charge in [-0.15, -0.1) is 0 Å². The van der Waals surface area contributed by atoms with E-state index in [4.69, 9.17) is 23.2 Å². The molecule has 0 amide bonds. The number of aromatic nitrogens is 4. The van der Waals surface area contributed by atoms with E-state index in [1.165, 1.54) is 12.1 Å². The number of fused-ring (bicyclic) bond motifs is 1. The minimum atomic E-state index is -0.331. The molecular formula is C16H10Cl2FN5. The predicted octanol–water partition coefficient (Wildman–Crippen LogP) is 4.18. The molecule has 3 aromatic rings. The Kier molecular flexibility index (Phi) is 3.70. The van der Waals surface area contributed by atoms with Crippen molar-refractivity contribution < 1.29 is 4.39 Å². The molecule has 1 aliphatic rings. The first-order valence-electron chi connectivity index (χ1n) is 7.10. The van der Waals surface area contributed by atoms with E-state index in [1.54, 1.807) is 22.9 Å². The number of halogens is 3. The average molecular weight is 362 g/mol. The number of benzene rings is 2. The van der Waals surface area contributed by atoms with Gasteiger partial charge in [-0.25, -0.2) is 4.39 Å². The Morgan fingerprint density at radius 3 is 2.67 bits per heavy atom. The largest absolute Gasteiger partial charge is 0.323 e. The monoisotopic (exact) mass is 361 g/mol. The summed E-state index contributed by atoms with van der Waals surface area (Å²) in [6, 6.07) is 11.2. The molecule has 8 heteroatoms. The second-order valence-corrected chi connectivity index (χ2v) is 6.03. The lowest BCUT2D eigenvalue weighted by Crippen LogP contribution is -2.20. The van der Waals surface area contributed by atoms with E-state index in [-0.39, 0.29) is 11.9 Å². The van der Waals surface area contributed by atoms with E-state index in [0.717, 1.165) is 16.8 Å². The number of hydrogen-bond acceptors (Lipinski definition) is 4. The smallest absolute Gasteiger partial charge is 0.248 e. The standard InChI is InChI=1S/C16H10Cl2FN5/c17-12-3-1-2-11(15(12)18)14-8-13(9-4-6-10(19)7-5-9)20-16-21-22-23-24(14)16/h1-8,14H,(H,20,21,23). The van der Waals surface area contributed by atoms with E-state index in [2.05, 4.69) is 20.8 Å². The fourth-order valence-corrected chi connectivity index (χ4v) is 3.04. The normalized spacial score (nSPS) is 16.3. The summed E-state index contributed by atoms with van der Waals surface area (Å²) in [7, 11) is 0. The molecule has 1 atom stereocenters. The third-order valence-electron chi connectivity index (χ3n) is 3.78. The Balaban J connectivity index is 1.85. The second kappa shape index (κ2) is 5.89. The SMILES string of the molecule is Fc1ccc(C2=CC(c3cccc(Cl)c3Cl)n3nnnc3N2)cc1. The molecule has 0 bridgehead atoms. The molecule has 5 nitrogen and oxygen atoms in total. The summed E-state index contributed by atoms with van der Waals surface area (Å²) in [5.74, 6) is 0.173. The Morgan fingerprint density at radius 1 is 1.08 bits per heavy atom. The molecule has 1 aliphatic heterocycles. The third kappa shape index (κ3) is 2.53. The van der Waals surface area contributed by atoms with Gasteiger partial charge in [0, 0.05) is 11.3 Å². The molecular weight excluding hydrogens is 352 g/mol. The highest BCUT2D eigenvalue weighted by molar-refractivity contribution is 6.42. The summed E-state index contributed by atoms with van der Waals surface area (Å²) in [5, 5.41) is 15.7. The van der Waals surface area contributed by atoms with Gasteiger partial charge in [-0.1, -0.05) is 40.4 Å². The molecule has 0 aliphatic carbocycles. The lowest BCUT2D eigenvalue weighted by atomic mass is 10.0. The van der Waals surface area contributed by atoms with Crippen molar-refractivity contribution in [3.05, 3.63) is 75.5 Å². The van der Waals surface area contributed by atoms with E-state index < -0.39 is 0 Å². The second-order valence-electron chi connectivity index (χ2n) is 5.25. The van der Waals surface area contributed by atoms with Crippen LogP contribution in [0.4, 0.5) is 10.3 Å². The van der Waals surface area contributed by atoms with Crippen molar-refractivity contribution in [2.24, 2.45) is 0 Å². The summed E-state index contributed by atoms with van der Waals surface area (Å²) >= 11 is 12.5. The van der Waals surface area contributed by atoms with Gasteiger partial charge in [-0.3, -0.25) is 0 Å². The van der Waals surface area contributed by atoms with Gasteiger partial charge in [0.25, 0.3) is 0 Å². The van der Waals surface area contributed by atoms with Crippen LogP contribution < -0.4 is 5.32 Å². The quantitative estimate of drug-likeness (QED) is 0.743. The van der Waals surface area contributed by atoms with Crippen molar-refractivity contribution in [1.29, 1.82) is 0 Å². The van der Waals surface area contributed by atoms with Crippen LogP contribution in [0.5, 0.6) is 0 Å². The van der Waals surface area contributed by atoms with Crippen LogP contribution in [-0.2, 0) is 0 Å². The summed E-state index contributed by atoms with van der Waals surface area (Å²) in [4.78, 5) is 0. The number of nitrogens with zero attached hydrogens (tertiary/aromatic N) is 4. The minimum Gasteiger partial charge on any atom is -0.323 e. The Hall–Kier alpha value is -2.44. The Bertz CT molecular complexity index is 936. The van der Waals surface area contributed by atoms with E-state index in [9.17, 15) is 4.39 Å². The van der Waals surface area contributed by atoms with Crippen molar-refractivity contribution in [2.45, 2.75) is 6.04 Å². The average Bonchev–Trinajstić information content (AvgIpc) is 3.06. The van der Waals surface area contributed by atoms with E-state index >= 15 is 0 Å². The van der Waals surface area contributed by atoms with Crippen molar-refractivity contribution >= 4 is 34.8 Å². The molecule has 0 saturated carbocycles. The van der Waals surface area contributed by atoms with Gasteiger partial charge < -0.3 is 5.32 Å². The van der Waals surface area contributed by atoms with Gasteiger partial charge in [0.15, 0.2) is 0 Å². The van der Waals surface area contributed by atoms with Crippen LogP contribution in [0.2, 0.25) is 10.0 Å². The molecule has 4 rings (SSSR count). The maximum Gasteiger partial charge on any atom is 0.248 e. The number of tetrazole rings is 1. The molecule has 0 radical (unpaired) electrons. The first kappa shape index (κ1) is 15.1. The first-order chi connectivity index (χ1) is 11.6. The van der Waals surface area contributed by atoms with Gasteiger partial charge in [0.05, 0.1) is 10.0 Å². The van der Waals surface area contributed by atoms with Gasteiger partial charge in [-0.05, 0) is 52.4 Å². The van der Waals surface area contributed by atoms with Gasteiger partial charge in [0.1, 0.15) is 11.9 Å². The van der Waals surface area contributed by atoms with E-state index in [1.807, 2.05) is 18.2 Å². The molecule has 24 heavy (non-hydrogen) atoms. The highest BCUT2D eigenvalue weighted by Crippen LogP contribution is 2.37. The van der Waals surface area contributed by atoms with Crippen LogP contribution in [-0.4, -0.2) is 20.2 Å². The Labute approximate surface area is 146 Å². The van der Waals surface area contributed by atoms with Crippen LogP contribution in [0.25, 0.3) is 5.70 Å². The first-order valence-corrected chi connectivity index (χ1v) is 7.85. The number of allylic oxidation sites excluding steroid dienone is 1. The molecule has 1 N–H and O–H groups in total. The van der Waals surface area contributed by atoms with E-state index in [0.29, 0.717) is 16.0 Å². The minimum absolute atomic E-state index is 0.297. The highest BCUT2D eigenvalue weighted by atomic mass is 35.5. The van der Waals surface area contributed by atoms with Gasteiger partial charge in [-0.2, -0.15) is 4.68 Å². The van der Waals surface area contributed by atoms with Crippen molar-refractivity contribution in [3.63, 3.8) is 0 Å². The van der Waals surface area contributed by atoms with Crippen LogP contribution in [0.1, 0.15) is 17.2 Å². The maximum absolute atomic E-state index is 13.2. The maximum atomic E-state index is 13.2. The summed E-state index contributed by atoms with van der Waals surface area (Å²) in [5.41, 5.74) is 2.35. The zero-order valence-electron chi connectivity index (χ0n) is 12.1. The summed E-state index contributed by atoms with van der Waals surface area (Å²) in [6.45, 7) is 0. The third-order valence-corrected chi connectivity index (χ3v) is 4.62. The number of nitrogens with one attached hydrogen (secondary N) is 1. The van der Waals surface area contributed by atoms with Crippen LogP contribution in [0.3, 0.4) is 0 Å². The molecule has 2 aromatic carbocycles. The van der Waals surface area contributed by atoms with Crippen molar-refractivity contribution in [3.8, 4) is 0 Å². The molecule has 0 saturated heterocycles. The fraction of sp³-hybridized carbons (Fsp3) is 0.0625. The van der Waals surface area contributed by atoms with Gasteiger partial charge in [0.2, 0.25) is 5.95 Å².